The van der Waals surface area contributed by atoms with Crippen LogP contribution < -0.4 is 10.6 Å². The maximum absolute atomic E-state index is 12.6. The smallest absolute Gasteiger partial charge is 0.318 e. The lowest BCUT2D eigenvalue weighted by Crippen LogP contribution is -2.43. The number of urea groups is 1. The van der Waals surface area contributed by atoms with E-state index in [1.165, 1.54) is 0 Å². The minimum absolute atomic E-state index is 0.0798. The predicted octanol–water partition coefficient (Wildman–Crippen LogP) is 2.04. The van der Waals surface area contributed by atoms with Crippen molar-refractivity contribution in [2.75, 3.05) is 25.1 Å². The Morgan fingerprint density at radius 3 is 2.89 bits per heavy atom. The highest BCUT2D eigenvalue weighted by atomic mass is 16.5. The zero-order valence-electron chi connectivity index (χ0n) is 16.1. The second-order valence-corrected chi connectivity index (χ2v) is 7.33. The van der Waals surface area contributed by atoms with Crippen molar-refractivity contribution in [3.05, 3.63) is 47.0 Å². The van der Waals surface area contributed by atoms with E-state index in [0.29, 0.717) is 31.6 Å². The molecule has 0 atom stereocenters. The molecule has 2 aliphatic rings. The number of nitrogens with zero attached hydrogens (tertiary/aromatic N) is 4. The van der Waals surface area contributed by atoms with Gasteiger partial charge in [0.2, 0.25) is 5.95 Å². The van der Waals surface area contributed by atoms with Crippen LogP contribution in [0.1, 0.15) is 35.4 Å². The number of carbonyl (C=O) groups excluding carboxylic acids is 1. The molecular formula is C20H26N6O2. The largest absolute Gasteiger partial charge is 0.381 e. The zero-order chi connectivity index (χ0) is 19.3. The molecule has 1 fully saturated rings. The summed E-state index contributed by atoms with van der Waals surface area (Å²) in [6, 6.07) is 4.19. The average molecular weight is 382 g/mol. The molecule has 0 radical (unpaired) electrons. The Kier molecular flexibility index (Phi) is 5.66. The lowest BCUT2D eigenvalue weighted by molar-refractivity contribution is 0.0903. The van der Waals surface area contributed by atoms with Crippen molar-refractivity contribution in [1.29, 1.82) is 0 Å². The van der Waals surface area contributed by atoms with Crippen LogP contribution in [-0.4, -0.2) is 51.7 Å². The lowest BCUT2D eigenvalue weighted by Gasteiger charge is -2.29. The first-order chi connectivity index (χ1) is 13.7. The van der Waals surface area contributed by atoms with Crippen molar-refractivity contribution in [1.82, 2.24) is 25.2 Å². The zero-order valence-corrected chi connectivity index (χ0v) is 16.1. The van der Waals surface area contributed by atoms with Crippen LogP contribution in [0.25, 0.3) is 0 Å². The van der Waals surface area contributed by atoms with Gasteiger partial charge in [0.1, 0.15) is 0 Å². The number of nitrogens with one attached hydrogen (secondary N) is 2. The molecule has 0 spiro atoms. The molecule has 4 rings (SSSR count). The number of hydrogen-bond acceptors (Lipinski definition) is 6. The van der Waals surface area contributed by atoms with Crippen LogP contribution in [0, 0.1) is 6.92 Å². The number of ether oxygens (including phenoxy) is 1. The van der Waals surface area contributed by atoms with Gasteiger partial charge in [-0.05, 0) is 43.4 Å². The summed E-state index contributed by atoms with van der Waals surface area (Å²) < 4.78 is 5.39. The maximum Gasteiger partial charge on any atom is 0.318 e. The Labute approximate surface area is 164 Å². The second kappa shape index (κ2) is 8.52. The van der Waals surface area contributed by atoms with Crippen LogP contribution in [0.5, 0.6) is 0 Å². The van der Waals surface area contributed by atoms with Gasteiger partial charge in [0.15, 0.2) is 0 Å². The van der Waals surface area contributed by atoms with Crippen LogP contribution in [0.4, 0.5) is 10.7 Å². The number of amides is 2. The molecule has 148 valence electrons. The highest BCUT2D eigenvalue weighted by Crippen LogP contribution is 2.19. The third-order valence-electron chi connectivity index (χ3n) is 5.20. The van der Waals surface area contributed by atoms with E-state index in [1.807, 2.05) is 25.3 Å². The molecule has 0 saturated carbocycles. The number of aromatic nitrogens is 3. The topological polar surface area (TPSA) is 92.3 Å². The van der Waals surface area contributed by atoms with Crippen LogP contribution in [0.2, 0.25) is 0 Å². The molecule has 28 heavy (non-hydrogen) atoms. The van der Waals surface area contributed by atoms with Gasteiger partial charge in [-0.2, -0.15) is 0 Å². The molecule has 0 unspecified atom stereocenters. The van der Waals surface area contributed by atoms with E-state index in [2.05, 4.69) is 25.6 Å². The molecule has 8 heteroatoms. The van der Waals surface area contributed by atoms with Gasteiger partial charge in [-0.1, -0.05) is 6.07 Å². The van der Waals surface area contributed by atoms with E-state index in [-0.39, 0.29) is 6.03 Å². The van der Waals surface area contributed by atoms with Gasteiger partial charge < -0.3 is 20.3 Å². The number of anilines is 1. The summed E-state index contributed by atoms with van der Waals surface area (Å²) in [5, 5.41) is 6.37. The van der Waals surface area contributed by atoms with Gasteiger partial charge in [0, 0.05) is 50.4 Å². The Morgan fingerprint density at radius 1 is 1.25 bits per heavy atom. The fourth-order valence-corrected chi connectivity index (χ4v) is 3.46. The highest BCUT2D eigenvalue weighted by Gasteiger charge is 2.23. The van der Waals surface area contributed by atoms with E-state index in [1.54, 1.807) is 11.1 Å². The minimum atomic E-state index is -0.0798. The van der Waals surface area contributed by atoms with Gasteiger partial charge in [-0.3, -0.25) is 4.98 Å². The summed E-state index contributed by atoms with van der Waals surface area (Å²) in [4.78, 5) is 27.8. The molecule has 2 aliphatic heterocycles. The number of rotatable bonds is 4. The summed E-state index contributed by atoms with van der Waals surface area (Å²) >= 11 is 0. The molecule has 0 aromatic carbocycles. The van der Waals surface area contributed by atoms with Crippen LogP contribution in [0.3, 0.4) is 0 Å². The fourth-order valence-electron chi connectivity index (χ4n) is 3.46. The molecule has 2 aromatic rings. The predicted molar refractivity (Wildman–Crippen MR) is 105 cm³/mol. The van der Waals surface area contributed by atoms with E-state index >= 15 is 0 Å². The van der Waals surface area contributed by atoms with Crippen molar-refractivity contribution >= 4 is 12.0 Å². The van der Waals surface area contributed by atoms with Crippen molar-refractivity contribution in [2.24, 2.45) is 0 Å². The van der Waals surface area contributed by atoms with Crippen LogP contribution in [0.15, 0.2) is 24.5 Å². The van der Waals surface area contributed by atoms with Gasteiger partial charge in [-0.25, -0.2) is 14.8 Å². The number of pyridine rings is 1. The molecule has 0 bridgehead atoms. The first-order valence-electron chi connectivity index (χ1n) is 9.81. The molecular weight excluding hydrogens is 356 g/mol. The SMILES string of the molecule is Cc1ccc(CNC(=O)N2CCc3cnc(NC4CCOCC4)nc3C2)cn1. The Bertz CT molecular complexity index is 820. The van der Waals surface area contributed by atoms with Gasteiger partial charge in [0.05, 0.1) is 12.2 Å². The first-order valence-corrected chi connectivity index (χ1v) is 9.81. The van der Waals surface area contributed by atoms with Crippen molar-refractivity contribution in [3.63, 3.8) is 0 Å². The maximum atomic E-state index is 12.6. The van der Waals surface area contributed by atoms with Crippen LogP contribution >= 0.6 is 0 Å². The molecule has 2 amide bonds. The Morgan fingerprint density at radius 2 is 2.11 bits per heavy atom. The number of hydrogen-bond donors (Lipinski definition) is 2. The Hall–Kier alpha value is -2.74. The molecule has 2 N–H and O–H groups in total. The molecule has 4 heterocycles. The molecule has 8 nitrogen and oxygen atoms in total. The van der Waals surface area contributed by atoms with Crippen molar-refractivity contribution in [2.45, 2.75) is 45.3 Å². The summed E-state index contributed by atoms with van der Waals surface area (Å²) in [7, 11) is 0. The summed E-state index contributed by atoms with van der Waals surface area (Å²) in [5.41, 5.74) is 3.99. The van der Waals surface area contributed by atoms with E-state index in [9.17, 15) is 4.79 Å². The monoisotopic (exact) mass is 382 g/mol. The van der Waals surface area contributed by atoms with E-state index in [4.69, 9.17) is 4.74 Å². The minimum Gasteiger partial charge on any atom is -0.381 e. The third-order valence-corrected chi connectivity index (χ3v) is 5.20. The summed E-state index contributed by atoms with van der Waals surface area (Å²) in [6.45, 7) is 5.12. The van der Waals surface area contributed by atoms with E-state index < -0.39 is 0 Å². The first kappa shape index (κ1) is 18.6. The second-order valence-electron chi connectivity index (χ2n) is 7.33. The van der Waals surface area contributed by atoms with Gasteiger partial charge >= 0.3 is 6.03 Å². The van der Waals surface area contributed by atoms with Gasteiger partial charge in [-0.15, -0.1) is 0 Å². The highest BCUT2D eigenvalue weighted by molar-refractivity contribution is 5.74. The normalized spacial score (nSPS) is 17.1. The number of aryl methyl sites for hydroxylation is 1. The molecule has 2 aromatic heterocycles. The number of fused-ring (bicyclic) bond motifs is 1. The number of carbonyl (C=O) groups is 1. The fraction of sp³-hybridized carbons (Fsp3) is 0.500. The lowest BCUT2D eigenvalue weighted by atomic mass is 10.1. The van der Waals surface area contributed by atoms with E-state index in [0.717, 1.165) is 55.0 Å². The van der Waals surface area contributed by atoms with Crippen molar-refractivity contribution in [3.8, 4) is 0 Å². The molecule has 1 saturated heterocycles. The Balaban J connectivity index is 1.35. The summed E-state index contributed by atoms with van der Waals surface area (Å²) in [5.74, 6) is 0.638. The average Bonchev–Trinajstić information content (AvgIpc) is 2.73. The summed E-state index contributed by atoms with van der Waals surface area (Å²) in [6.07, 6.45) is 6.37. The standard InChI is InChI=1S/C20H26N6O2/c1-14-2-3-15(10-21-14)11-23-20(27)26-7-4-16-12-22-19(25-18(16)13-26)24-17-5-8-28-9-6-17/h2-3,10,12,17H,4-9,11,13H2,1H3,(H,23,27)(H,22,24,25). The quantitative estimate of drug-likeness (QED) is 0.841. The van der Waals surface area contributed by atoms with Crippen molar-refractivity contribution < 1.29 is 9.53 Å². The third kappa shape index (κ3) is 4.56. The van der Waals surface area contributed by atoms with Crippen LogP contribution in [-0.2, 0) is 24.2 Å². The van der Waals surface area contributed by atoms with Gasteiger partial charge in [0.25, 0.3) is 0 Å². The molecule has 0 aliphatic carbocycles.